The van der Waals surface area contributed by atoms with Crippen LogP contribution in [0.4, 0.5) is 0 Å². The summed E-state index contributed by atoms with van der Waals surface area (Å²) < 4.78 is 10.6. The Morgan fingerprint density at radius 1 is 0.479 bits per heavy atom. The highest BCUT2D eigenvalue weighted by atomic mass is 16.6. The summed E-state index contributed by atoms with van der Waals surface area (Å²) in [7, 11) is 0. The van der Waals surface area contributed by atoms with Crippen molar-refractivity contribution in [1.29, 1.82) is 0 Å². The van der Waals surface area contributed by atoms with Crippen LogP contribution in [-0.4, -0.2) is 36.4 Å². The van der Waals surface area contributed by atoms with Gasteiger partial charge >= 0.3 is 11.9 Å². The number of rotatable bonds is 35. The van der Waals surface area contributed by atoms with Crippen molar-refractivity contribution in [2.45, 2.75) is 187 Å². The van der Waals surface area contributed by atoms with E-state index in [2.05, 4.69) is 74.6 Å². The number of hydrogen-bond acceptors (Lipinski definition) is 5. The predicted octanol–water partition coefficient (Wildman–Crippen LogP) is 12.4. The zero-order chi connectivity index (χ0) is 35.0. The average molecular weight is 671 g/mol. The molecule has 0 aromatic heterocycles. The van der Waals surface area contributed by atoms with Gasteiger partial charge in [0.1, 0.15) is 6.61 Å². The first-order valence-electron chi connectivity index (χ1n) is 19.8. The predicted molar refractivity (Wildman–Crippen MR) is 205 cm³/mol. The Hall–Kier alpha value is -2.40. The molecule has 48 heavy (non-hydrogen) atoms. The molecule has 0 rings (SSSR count). The molecular weight excluding hydrogens is 596 g/mol. The highest BCUT2D eigenvalue weighted by Gasteiger charge is 2.16. The highest BCUT2D eigenvalue weighted by Crippen LogP contribution is 2.11. The number of aliphatic hydroxyl groups excluding tert-OH is 1. The van der Waals surface area contributed by atoms with Gasteiger partial charge in [0, 0.05) is 12.8 Å². The van der Waals surface area contributed by atoms with E-state index in [0.29, 0.717) is 12.8 Å². The van der Waals surface area contributed by atoms with Crippen molar-refractivity contribution in [2.75, 3.05) is 13.2 Å². The number of hydrogen-bond donors (Lipinski definition) is 1. The number of carbonyl (C=O) groups excluding carboxylic acids is 2. The fourth-order valence-corrected chi connectivity index (χ4v) is 5.24. The van der Waals surface area contributed by atoms with Crippen LogP contribution in [0.2, 0.25) is 0 Å². The maximum Gasteiger partial charge on any atom is 0.306 e. The third-order valence-corrected chi connectivity index (χ3v) is 8.28. The molecule has 0 aromatic rings. The Balaban J connectivity index is 3.66. The standard InChI is InChI=1S/C43H74O5/c1-3-5-7-9-11-13-15-17-19-20-21-22-24-26-28-30-32-34-36-38-43(46)48-41(39-44)40-47-42(45)37-35-33-31-29-27-25-23-18-16-14-12-10-8-6-4-2/h11,13,17-19,21-23,26,28,41,44H,3-10,12,14-16,20,24-25,27,29-40H2,1-2H3. The zero-order valence-electron chi connectivity index (χ0n) is 31.2. The SMILES string of the molecule is CCCCCC=CCC=CCC=CCC=CCCCCCC(=O)OC(CO)COC(=O)CCCCCCCC=CCCCCCCCC. The van der Waals surface area contributed by atoms with Gasteiger partial charge in [0.25, 0.3) is 0 Å². The number of esters is 2. The molecule has 0 heterocycles. The largest absolute Gasteiger partial charge is 0.462 e. The lowest BCUT2D eigenvalue weighted by molar-refractivity contribution is -0.161. The highest BCUT2D eigenvalue weighted by molar-refractivity contribution is 5.70. The molecule has 0 aromatic carbocycles. The molecule has 0 saturated carbocycles. The van der Waals surface area contributed by atoms with E-state index >= 15 is 0 Å². The van der Waals surface area contributed by atoms with E-state index in [1.54, 1.807) is 0 Å². The maximum absolute atomic E-state index is 12.2. The van der Waals surface area contributed by atoms with Crippen LogP contribution in [0, 0.1) is 0 Å². The van der Waals surface area contributed by atoms with Gasteiger partial charge in [-0.2, -0.15) is 0 Å². The van der Waals surface area contributed by atoms with E-state index in [0.717, 1.165) is 70.6 Å². The van der Waals surface area contributed by atoms with Crippen LogP contribution in [0.15, 0.2) is 60.8 Å². The van der Waals surface area contributed by atoms with E-state index in [1.165, 1.54) is 83.5 Å². The Morgan fingerprint density at radius 2 is 0.833 bits per heavy atom. The van der Waals surface area contributed by atoms with Gasteiger partial charge < -0.3 is 14.6 Å². The molecule has 0 saturated heterocycles. The van der Waals surface area contributed by atoms with Gasteiger partial charge in [-0.25, -0.2) is 0 Å². The van der Waals surface area contributed by atoms with Crippen LogP contribution in [-0.2, 0) is 19.1 Å². The van der Waals surface area contributed by atoms with Crippen molar-refractivity contribution in [1.82, 2.24) is 0 Å². The number of carbonyl (C=O) groups is 2. The van der Waals surface area contributed by atoms with Crippen molar-refractivity contribution in [3.05, 3.63) is 60.8 Å². The zero-order valence-corrected chi connectivity index (χ0v) is 31.2. The summed E-state index contributed by atoms with van der Waals surface area (Å²) in [6.07, 6.45) is 49.9. The lowest BCUT2D eigenvalue weighted by Gasteiger charge is -2.15. The molecule has 1 unspecified atom stereocenters. The van der Waals surface area contributed by atoms with Gasteiger partial charge in [-0.1, -0.05) is 145 Å². The second-order valence-corrected chi connectivity index (χ2v) is 13.0. The van der Waals surface area contributed by atoms with E-state index in [9.17, 15) is 14.7 Å². The summed E-state index contributed by atoms with van der Waals surface area (Å²) in [5, 5.41) is 9.55. The summed E-state index contributed by atoms with van der Waals surface area (Å²) >= 11 is 0. The normalized spacial score (nSPS) is 12.8. The van der Waals surface area contributed by atoms with Crippen LogP contribution in [0.3, 0.4) is 0 Å². The van der Waals surface area contributed by atoms with E-state index in [1.807, 2.05) is 0 Å². The number of unbranched alkanes of at least 4 members (excludes halogenated alkanes) is 17. The number of allylic oxidation sites excluding steroid dienone is 10. The fraction of sp³-hybridized carbons (Fsp3) is 0.721. The van der Waals surface area contributed by atoms with Crippen LogP contribution in [0.1, 0.15) is 181 Å². The maximum atomic E-state index is 12.2. The molecule has 0 aliphatic heterocycles. The molecule has 0 aliphatic carbocycles. The molecular formula is C43H74O5. The molecule has 0 spiro atoms. The minimum Gasteiger partial charge on any atom is -0.462 e. The van der Waals surface area contributed by atoms with Gasteiger partial charge in [0.05, 0.1) is 6.61 Å². The summed E-state index contributed by atoms with van der Waals surface area (Å²) in [6, 6.07) is 0. The molecule has 0 radical (unpaired) electrons. The van der Waals surface area contributed by atoms with Crippen molar-refractivity contribution < 1.29 is 24.2 Å². The monoisotopic (exact) mass is 671 g/mol. The van der Waals surface area contributed by atoms with Gasteiger partial charge in [0.15, 0.2) is 6.10 Å². The minimum absolute atomic E-state index is 0.0851. The molecule has 0 amide bonds. The molecule has 0 bridgehead atoms. The third-order valence-electron chi connectivity index (χ3n) is 8.28. The average Bonchev–Trinajstić information content (AvgIpc) is 3.09. The summed E-state index contributed by atoms with van der Waals surface area (Å²) in [6.45, 7) is 4.06. The molecule has 0 aliphatic rings. The van der Waals surface area contributed by atoms with Crippen molar-refractivity contribution >= 4 is 11.9 Å². The summed E-state index contributed by atoms with van der Waals surface area (Å²) in [4.78, 5) is 24.2. The smallest absolute Gasteiger partial charge is 0.306 e. The Kier molecular flexibility index (Phi) is 37.1. The Bertz CT molecular complexity index is 853. The molecule has 276 valence electrons. The van der Waals surface area contributed by atoms with E-state index in [-0.39, 0.29) is 25.2 Å². The first-order chi connectivity index (χ1) is 23.6. The van der Waals surface area contributed by atoms with Crippen molar-refractivity contribution in [2.24, 2.45) is 0 Å². The lowest BCUT2D eigenvalue weighted by atomic mass is 10.1. The molecule has 0 fully saturated rings. The van der Waals surface area contributed by atoms with Crippen molar-refractivity contribution in [3.8, 4) is 0 Å². The number of ether oxygens (including phenoxy) is 2. The topological polar surface area (TPSA) is 72.8 Å². The molecule has 5 nitrogen and oxygen atoms in total. The second kappa shape index (κ2) is 39.0. The molecule has 5 heteroatoms. The quantitative estimate of drug-likeness (QED) is 0.0413. The second-order valence-electron chi connectivity index (χ2n) is 13.0. The van der Waals surface area contributed by atoms with E-state index in [4.69, 9.17) is 9.47 Å². The molecule has 1 atom stereocenters. The van der Waals surface area contributed by atoms with E-state index < -0.39 is 6.10 Å². The third kappa shape index (κ3) is 36.4. The van der Waals surface area contributed by atoms with Crippen LogP contribution >= 0.6 is 0 Å². The summed E-state index contributed by atoms with van der Waals surface area (Å²) in [5.74, 6) is -0.640. The van der Waals surface area contributed by atoms with Gasteiger partial charge in [-0.15, -0.1) is 0 Å². The van der Waals surface area contributed by atoms with Crippen LogP contribution in [0.5, 0.6) is 0 Å². The van der Waals surface area contributed by atoms with Crippen molar-refractivity contribution in [3.63, 3.8) is 0 Å². The minimum atomic E-state index is -0.792. The lowest BCUT2D eigenvalue weighted by Crippen LogP contribution is -2.28. The first-order valence-corrected chi connectivity index (χ1v) is 19.8. The number of aliphatic hydroxyl groups is 1. The van der Waals surface area contributed by atoms with Crippen LogP contribution in [0.25, 0.3) is 0 Å². The Labute approximate surface area is 296 Å². The molecule has 1 N–H and O–H groups in total. The summed E-state index contributed by atoms with van der Waals surface area (Å²) in [5.41, 5.74) is 0. The van der Waals surface area contributed by atoms with Gasteiger partial charge in [-0.05, 0) is 83.5 Å². The van der Waals surface area contributed by atoms with Gasteiger partial charge in [0.2, 0.25) is 0 Å². The Morgan fingerprint density at radius 3 is 1.33 bits per heavy atom. The van der Waals surface area contributed by atoms with Crippen LogP contribution < -0.4 is 0 Å². The fourth-order valence-electron chi connectivity index (χ4n) is 5.24. The van der Waals surface area contributed by atoms with Gasteiger partial charge in [-0.3, -0.25) is 9.59 Å². The first kappa shape index (κ1) is 45.6.